The lowest BCUT2D eigenvalue weighted by Crippen LogP contribution is -2.43. The van der Waals surface area contributed by atoms with Crippen LogP contribution in [0.1, 0.15) is 60.3 Å². The number of fused-ring (bicyclic) bond motifs is 1. The molecule has 6 nitrogen and oxygen atoms in total. The van der Waals surface area contributed by atoms with Crippen LogP contribution in [-0.2, 0) is 4.79 Å². The number of benzene rings is 1. The molecule has 1 aromatic heterocycles. The highest BCUT2D eigenvalue weighted by Gasteiger charge is 2.39. The van der Waals surface area contributed by atoms with E-state index < -0.39 is 0 Å². The van der Waals surface area contributed by atoms with Crippen molar-refractivity contribution in [1.29, 1.82) is 0 Å². The molecule has 0 radical (unpaired) electrons. The number of hydrogen-bond donors (Lipinski definition) is 1. The molecule has 158 valence electrons. The average Bonchev–Trinajstić information content (AvgIpc) is 3.02. The smallest absolute Gasteiger partial charge is 0.260 e. The van der Waals surface area contributed by atoms with Crippen molar-refractivity contribution in [2.24, 2.45) is 0 Å². The van der Waals surface area contributed by atoms with Crippen molar-refractivity contribution < 1.29 is 9.59 Å². The van der Waals surface area contributed by atoms with Gasteiger partial charge in [0.1, 0.15) is 0 Å². The van der Waals surface area contributed by atoms with Crippen molar-refractivity contribution >= 4 is 17.5 Å². The molecule has 3 heterocycles. The molecule has 4 rings (SSSR count). The third-order valence-electron chi connectivity index (χ3n) is 6.27. The maximum absolute atomic E-state index is 13.1. The molecule has 2 aliphatic rings. The first kappa shape index (κ1) is 20.5. The summed E-state index contributed by atoms with van der Waals surface area (Å²) < 4.78 is 0. The number of piperidine rings is 1. The Balaban J connectivity index is 1.45. The molecule has 0 unspecified atom stereocenters. The molecule has 6 heteroatoms. The van der Waals surface area contributed by atoms with Crippen molar-refractivity contribution in [1.82, 2.24) is 15.2 Å². The summed E-state index contributed by atoms with van der Waals surface area (Å²) in [4.78, 5) is 34.5. The summed E-state index contributed by atoms with van der Waals surface area (Å²) in [5, 5.41) is 3.06. The fourth-order valence-electron chi connectivity index (χ4n) is 4.52. The average molecular weight is 407 g/mol. The lowest BCUT2D eigenvalue weighted by atomic mass is 10.0. The molecular weight excluding hydrogens is 376 g/mol. The van der Waals surface area contributed by atoms with E-state index in [1.807, 2.05) is 31.2 Å². The summed E-state index contributed by atoms with van der Waals surface area (Å²) in [6.07, 6.45) is 5.65. The van der Waals surface area contributed by atoms with Gasteiger partial charge in [0.2, 0.25) is 5.91 Å². The number of carbonyl (C=O) groups is 2. The zero-order valence-electron chi connectivity index (χ0n) is 17.8. The third kappa shape index (κ3) is 4.24. The number of anilines is 1. The molecule has 0 bridgehead atoms. The maximum Gasteiger partial charge on any atom is 0.260 e. The van der Waals surface area contributed by atoms with Crippen LogP contribution in [0.2, 0.25) is 0 Å². The molecule has 0 aliphatic carbocycles. The fraction of sp³-hybridized carbons (Fsp3) is 0.458. The molecule has 2 aromatic rings. The summed E-state index contributed by atoms with van der Waals surface area (Å²) >= 11 is 0. The second-order valence-electron chi connectivity index (χ2n) is 8.40. The Bertz CT molecular complexity index is 912. The van der Waals surface area contributed by atoms with Crippen molar-refractivity contribution in [2.75, 3.05) is 24.5 Å². The zero-order valence-corrected chi connectivity index (χ0v) is 17.8. The van der Waals surface area contributed by atoms with Gasteiger partial charge in [-0.3, -0.25) is 24.4 Å². The predicted octanol–water partition coefficient (Wildman–Crippen LogP) is 3.47. The minimum Gasteiger partial charge on any atom is -0.355 e. The molecule has 1 saturated heterocycles. The molecule has 2 atom stereocenters. The molecule has 1 aromatic carbocycles. The molecule has 2 amide bonds. The van der Waals surface area contributed by atoms with E-state index >= 15 is 0 Å². The Labute approximate surface area is 178 Å². The first-order chi connectivity index (χ1) is 14.5. The van der Waals surface area contributed by atoms with Gasteiger partial charge in [0.05, 0.1) is 23.7 Å². The summed E-state index contributed by atoms with van der Waals surface area (Å²) in [6.45, 7) is 6.87. The number of aryl methyl sites for hydroxylation is 1. The Hall–Kier alpha value is -2.73. The number of rotatable bonds is 6. The molecule has 2 aliphatic heterocycles. The van der Waals surface area contributed by atoms with Crippen LogP contribution in [0.15, 0.2) is 42.6 Å². The van der Waals surface area contributed by atoms with Gasteiger partial charge in [-0.15, -0.1) is 0 Å². The molecule has 30 heavy (non-hydrogen) atoms. The van der Waals surface area contributed by atoms with Crippen molar-refractivity contribution in [2.45, 2.75) is 51.6 Å². The topological polar surface area (TPSA) is 65.5 Å². The van der Waals surface area contributed by atoms with Crippen molar-refractivity contribution in [3.8, 4) is 0 Å². The van der Waals surface area contributed by atoms with Gasteiger partial charge in [-0.05, 0) is 57.5 Å². The largest absolute Gasteiger partial charge is 0.355 e. The van der Waals surface area contributed by atoms with Crippen LogP contribution < -0.4 is 10.2 Å². The Morgan fingerprint density at radius 3 is 2.77 bits per heavy atom. The highest BCUT2D eigenvalue weighted by atomic mass is 16.2. The first-order valence-electron chi connectivity index (χ1n) is 10.9. The normalized spacial score (nSPS) is 21.5. The molecule has 1 N–H and O–H groups in total. The second kappa shape index (κ2) is 8.96. The third-order valence-corrected chi connectivity index (χ3v) is 6.27. The van der Waals surface area contributed by atoms with Crippen LogP contribution in [0.4, 0.5) is 5.69 Å². The van der Waals surface area contributed by atoms with Crippen LogP contribution in [0.25, 0.3) is 0 Å². The van der Waals surface area contributed by atoms with E-state index in [4.69, 9.17) is 0 Å². The van der Waals surface area contributed by atoms with E-state index in [0.29, 0.717) is 23.8 Å². The summed E-state index contributed by atoms with van der Waals surface area (Å²) in [6, 6.07) is 11.6. The Morgan fingerprint density at radius 1 is 1.20 bits per heavy atom. The van der Waals surface area contributed by atoms with E-state index in [9.17, 15) is 9.59 Å². The summed E-state index contributed by atoms with van der Waals surface area (Å²) in [7, 11) is 0. The van der Waals surface area contributed by atoms with Crippen molar-refractivity contribution in [3.63, 3.8) is 0 Å². The van der Waals surface area contributed by atoms with Crippen molar-refractivity contribution in [3.05, 3.63) is 59.4 Å². The second-order valence-corrected chi connectivity index (χ2v) is 8.40. The number of carbonyl (C=O) groups excluding carboxylic acids is 2. The van der Waals surface area contributed by atoms with Gasteiger partial charge >= 0.3 is 0 Å². The van der Waals surface area contributed by atoms with Crippen LogP contribution in [-0.4, -0.2) is 47.4 Å². The number of aromatic nitrogens is 1. The summed E-state index contributed by atoms with van der Waals surface area (Å²) in [5.74, 6) is -0.144. The molecule has 1 fully saturated rings. The number of nitrogens with one attached hydrogen (secondary N) is 1. The SMILES string of the molecule is Cc1ccc(N2C(=O)c3cccnc3[C@@H]2CC(=O)NCCN2CCCC[C@@H]2C)cc1. The van der Waals surface area contributed by atoms with Gasteiger partial charge in [0.25, 0.3) is 5.91 Å². The van der Waals surface area contributed by atoms with Gasteiger partial charge in [-0.1, -0.05) is 24.1 Å². The van der Waals surface area contributed by atoms with E-state index in [1.54, 1.807) is 23.2 Å². The fourth-order valence-corrected chi connectivity index (χ4v) is 4.52. The van der Waals surface area contributed by atoms with E-state index in [-0.39, 0.29) is 24.3 Å². The minimum absolute atomic E-state index is 0.0481. The van der Waals surface area contributed by atoms with Crippen LogP contribution in [0, 0.1) is 6.92 Å². The highest BCUT2D eigenvalue weighted by molar-refractivity contribution is 6.11. The van der Waals surface area contributed by atoms with Gasteiger partial charge < -0.3 is 5.32 Å². The first-order valence-corrected chi connectivity index (χ1v) is 10.9. The Kier molecular flexibility index (Phi) is 6.13. The predicted molar refractivity (Wildman–Crippen MR) is 117 cm³/mol. The summed E-state index contributed by atoms with van der Waals surface area (Å²) in [5.41, 5.74) is 3.19. The highest BCUT2D eigenvalue weighted by Crippen LogP contribution is 2.38. The number of nitrogens with zero attached hydrogens (tertiary/aromatic N) is 3. The van der Waals surface area contributed by atoms with Gasteiger partial charge in [0.15, 0.2) is 0 Å². The number of hydrogen-bond acceptors (Lipinski definition) is 4. The van der Waals surface area contributed by atoms with E-state index in [1.165, 1.54) is 19.3 Å². The maximum atomic E-state index is 13.1. The van der Waals surface area contributed by atoms with E-state index in [2.05, 4.69) is 22.1 Å². The number of likely N-dealkylation sites (tertiary alicyclic amines) is 1. The van der Waals surface area contributed by atoms with Gasteiger partial charge in [-0.25, -0.2) is 0 Å². The minimum atomic E-state index is -0.384. The lowest BCUT2D eigenvalue weighted by molar-refractivity contribution is -0.121. The molecular formula is C24H30N4O2. The molecule has 0 spiro atoms. The van der Waals surface area contributed by atoms with Crippen LogP contribution in [0.3, 0.4) is 0 Å². The van der Waals surface area contributed by atoms with Gasteiger partial charge in [-0.2, -0.15) is 0 Å². The lowest BCUT2D eigenvalue weighted by Gasteiger charge is -2.33. The monoisotopic (exact) mass is 406 g/mol. The van der Waals surface area contributed by atoms with Gasteiger partial charge in [0, 0.05) is 31.0 Å². The molecule has 0 saturated carbocycles. The number of amides is 2. The van der Waals surface area contributed by atoms with E-state index in [0.717, 1.165) is 24.3 Å². The standard InChI is InChI=1S/C24H30N4O2/c1-17-8-10-19(11-9-17)28-21(23-20(24(28)30)7-5-12-26-23)16-22(29)25-13-15-27-14-4-3-6-18(27)2/h5,7-12,18,21H,3-4,6,13-16H2,1-2H3,(H,25,29)/t18-,21-/m0/s1. The Morgan fingerprint density at radius 2 is 2.00 bits per heavy atom. The zero-order chi connectivity index (χ0) is 21.1. The quantitative estimate of drug-likeness (QED) is 0.798. The van der Waals surface area contributed by atoms with Crippen LogP contribution in [0.5, 0.6) is 0 Å². The number of pyridine rings is 1. The van der Waals surface area contributed by atoms with Crippen LogP contribution >= 0.6 is 0 Å².